The van der Waals surface area contributed by atoms with Crippen LogP contribution in [0.15, 0.2) is 0 Å². The molecule has 1 aliphatic carbocycles. The number of hydrogen-bond acceptors (Lipinski definition) is 3. The first-order valence-electron chi connectivity index (χ1n) is 6.35. The second kappa shape index (κ2) is 4.84. The summed E-state index contributed by atoms with van der Waals surface area (Å²) in [6.45, 7) is 3.58. The maximum Gasteiger partial charge on any atom is 0.170 e. The molecule has 2 aliphatic rings. The van der Waals surface area contributed by atoms with Crippen LogP contribution in [0.5, 0.6) is 0 Å². The molecule has 1 atom stereocenters. The third-order valence-corrected chi connectivity index (χ3v) is 4.22. The van der Waals surface area contributed by atoms with E-state index in [1.807, 2.05) is 0 Å². The molecule has 0 aromatic rings. The molecular formula is C13H22O3. The van der Waals surface area contributed by atoms with E-state index < -0.39 is 5.60 Å². The van der Waals surface area contributed by atoms with Gasteiger partial charge in [-0.05, 0) is 38.0 Å². The number of ketones is 1. The molecule has 0 radical (unpaired) electrons. The monoisotopic (exact) mass is 226 g/mol. The summed E-state index contributed by atoms with van der Waals surface area (Å²) >= 11 is 0. The van der Waals surface area contributed by atoms with Crippen molar-refractivity contribution in [3.63, 3.8) is 0 Å². The quantitative estimate of drug-likeness (QED) is 0.740. The van der Waals surface area contributed by atoms with Crippen molar-refractivity contribution < 1.29 is 14.3 Å². The average molecular weight is 226 g/mol. The Labute approximate surface area is 97.5 Å². The van der Waals surface area contributed by atoms with Gasteiger partial charge in [0.2, 0.25) is 0 Å². The van der Waals surface area contributed by atoms with Crippen molar-refractivity contribution in [1.29, 1.82) is 0 Å². The lowest BCUT2D eigenvalue weighted by molar-refractivity contribution is -0.150. The maximum atomic E-state index is 12.5. The fourth-order valence-corrected chi connectivity index (χ4v) is 2.89. The molecule has 1 saturated carbocycles. The minimum Gasteiger partial charge on any atom is -0.381 e. The van der Waals surface area contributed by atoms with Crippen LogP contribution in [0.1, 0.15) is 39.0 Å². The zero-order valence-corrected chi connectivity index (χ0v) is 10.3. The zero-order chi connectivity index (χ0) is 11.6. The van der Waals surface area contributed by atoms with Crippen molar-refractivity contribution in [1.82, 2.24) is 0 Å². The summed E-state index contributed by atoms with van der Waals surface area (Å²) < 4.78 is 10.9. The number of methoxy groups -OCH3 is 1. The topological polar surface area (TPSA) is 35.5 Å². The standard InChI is InChI=1S/C13H22O3/c1-10-3-6-13(15-2,7-4-10)12(14)11-5-8-16-9-11/h10-11H,3-9H2,1-2H3. The van der Waals surface area contributed by atoms with Gasteiger partial charge in [0.25, 0.3) is 0 Å². The first-order valence-corrected chi connectivity index (χ1v) is 6.35. The summed E-state index contributed by atoms with van der Waals surface area (Å²) in [5, 5.41) is 0. The predicted octanol–water partition coefficient (Wildman–Crippen LogP) is 2.19. The van der Waals surface area contributed by atoms with Crippen molar-refractivity contribution in [2.24, 2.45) is 11.8 Å². The molecule has 1 aliphatic heterocycles. The van der Waals surface area contributed by atoms with Gasteiger partial charge >= 0.3 is 0 Å². The number of carbonyl (C=O) groups is 1. The number of carbonyl (C=O) groups excluding carboxylic acids is 1. The second-order valence-electron chi connectivity index (χ2n) is 5.31. The van der Waals surface area contributed by atoms with Crippen LogP contribution >= 0.6 is 0 Å². The molecule has 0 aromatic heterocycles. The van der Waals surface area contributed by atoms with E-state index in [4.69, 9.17) is 9.47 Å². The highest BCUT2D eigenvalue weighted by Gasteiger charge is 2.44. The van der Waals surface area contributed by atoms with Crippen LogP contribution in [-0.2, 0) is 14.3 Å². The molecule has 16 heavy (non-hydrogen) atoms. The first-order chi connectivity index (χ1) is 7.68. The number of Topliss-reactive ketones (excluding diaryl/α,β-unsaturated/α-hetero) is 1. The van der Waals surface area contributed by atoms with Gasteiger partial charge in [-0.1, -0.05) is 6.92 Å². The first kappa shape index (κ1) is 12.1. The van der Waals surface area contributed by atoms with Crippen LogP contribution in [0.4, 0.5) is 0 Å². The molecule has 2 rings (SSSR count). The minimum atomic E-state index is -0.495. The van der Waals surface area contributed by atoms with E-state index in [-0.39, 0.29) is 5.92 Å². The highest BCUT2D eigenvalue weighted by atomic mass is 16.5. The van der Waals surface area contributed by atoms with Crippen LogP contribution in [0.3, 0.4) is 0 Å². The summed E-state index contributed by atoms with van der Waals surface area (Å²) in [6, 6.07) is 0. The van der Waals surface area contributed by atoms with Gasteiger partial charge in [0.15, 0.2) is 5.78 Å². The Morgan fingerprint density at radius 2 is 2.00 bits per heavy atom. The Kier molecular flexibility index (Phi) is 3.65. The molecule has 92 valence electrons. The van der Waals surface area contributed by atoms with Crippen molar-refractivity contribution in [2.75, 3.05) is 20.3 Å². The Balaban J connectivity index is 2.05. The lowest BCUT2D eigenvalue weighted by Crippen LogP contribution is -2.47. The lowest BCUT2D eigenvalue weighted by atomic mass is 9.74. The largest absolute Gasteiger partial charge is 0.381 e. The minimum absolute atomic E-state index is 0.0772. The molecule has 0 amide bonds. The van der Waals surface area contributed by atoms with Crippen LogP contribution in [0, 0.1) is 11.8 Å². The number of hydrogen-bond donors (Lipinski definition) is 0. The highest BCUT2D eigenvalue weighted by molar-refractivity contribution is 5.89. The SMILES string of the molecule is COC1(C(=O)C2CCOC2)CCC(C)CC1. The van der Waals surface area contributed by atoms with Gasteiger partial charge < -0.3 is 9.47 Å². The number of ether oxygens (including phenoxy) is 2. The van der Waals surface area contributed by atoms with Gasteiger partial charge in [0.1, 0.15) is 5.60 Å². The summed E-state index contributed by atoms with van der Waals surface area (Å²) in [6.07, 6.45) is 4.86. The summed E-state index contributed by atoms with van der Waals surface area (Å²) in [5.74, 6) is 1.10. The van der Waals surface area contributed by atoms with Crippen LogP contribution in [-0.4, -0.2) is 31.7 Å². The fourth-order valence-electron chi connectivity index (χ4n) is 2.89. The molecule has 1 heterocycles. The maximum absolute atomic E-state index is 12.5. The van der Waals surface area contributed by atoms with Crippen LogP contribution < -0.4 is 0 Å². The molecule has 2 fully saturated rings. The van der Waals surface area contributed by atoms with E-state index in [9.17, 15) is 4.79 Å². The van der Waals surface area contributed by atoms with Gasteiger partial charge in [0.05, 0.1) is 6.61 Å². The van der Waals surface area contributed by atoms with E-state index in [0.717, 1.165) is 44.6 Å². The fraction of sp³-hybridized carbons (Fsp3) is 0.923. The molecule has 0 N–H and O–H groups in total. The molecule has 0 spiro atoms. The molecule has 3 heteroatoms. The average Bonchev–Trinajstić information content (AvgIpc) is 2.83. The normalized spacial score (nSPS) is 39.9. The summed E-state index contributed by atoms with van der Waals surface area (Å²) in [4.78, 5) is 12.5. The highest BCUT2D eigenvalue weighted by Crippen LogP contribution is 2.37. The third kappa shape index (κ3) is 2.16. The summed E-state index contributed by atoms with van der Waals surface area (Å²) in [7, 11) is 1.68. The Morgan fingerprint density at radius 1 is 1.31 bits per heavy atom. The second-order valence-corrected chi connectivity index (χ2v) is 5.31. The van der Waals surface area contributed by atoms with Crippen molar-refractivity contribution in [3.05, 3.63) is 0 Å². The van der Waals surface area contributed by atoms with E-state index in [2.05, 4.69) is 6.92 Å². The Morgan fingerprint density at radius 3 is 2.50 bits per heavy atom. The van der Waals surface area contributed by atoms with Gasteiger partial charge in [-0.25, -0.2) is 0 Å². The molecular weight excluding hydrogens is 204 g/mol. The van der Waals surface area contributed by atoms with E-state index in [0.29, 0.717) is 12.4 Å². The van der Waals surface area contributed by atoms with Gasteiger partial charge in [-0.3, -0.25) is 4.79 Å². The molecule has 3 nitrogen and oxygen atoms in total. The molecule has 1 saturated heterocycles. The third-order valence-electron chi connectivity index (χ3n) is 4.22. The van der Waals surface area contributed by atoms with Crippen molar-refractivity contribution >= 4 is 5.78 Å². The lowest BCUT2D eigenvalue weighted by Gasteiger charge is -2.38. The Hall–Kier alpha value is -0.410. The molecule has 0 aromatic carbocycles. The molecule has 1 unspecified atom stereocenters. The van der Waals surface area contributed by atoms with Crippen LogP contribution in [0.2, 0.25) is 0 Å². The predicted molar refractivity (Wildman–Crippen MR) is 61.3 cm³/mol. The molecule has 0 bridgehead atoms. The van der Waals surface area contributed by atoms with Crippen molar-refractivity contribution in [2.45, 2.75) is 44.6 Å². The van der Waals surface area contributed by atoms with Gasteiger partial charge in [-0.15, -0.1) is 0 Å². The van der Waals surface area contributed by atoms with Gasteiger partial charge in [-0.2, -0.15) is 0 Å². The number of rotatable bonds is 3. The van der Waals surface area contributed by atoms with E-state index in [1.54, 1.807) is 7.11 Å². The zero-order valence-electron chi connectivity index (χ0n) is 10.3. The van der Waals surface area contributed by atoms with Gasteiger partial charge in [0, 0.05) is 19.6 Å². The van der Waals surface area contributed by atoms with E-state index >= 15 is 0 Å². The summed E-state index contributed by atoms with van der Waals surface area (Å²) in [5.41, 5.74) is -0.495. The van der Waals surface area contributed by atoms with Crippen molar-refractivity contribution in [3.8, 4) is 0 Å². The van der Waals surface area contributed by atoms with Crippen LogP contribution in [0.25, 0.3) is 0 Å². The smallest absolute Gasteiger partial charge is 0.170 e. The van der Waals surface area contributed by atoms with E-state index in [1.165, 1.54) is 0 Å². The Bertz CT molecular complexity index is 248.